The molecule has 0 radical (unpaired) electrons. The molecule has 0 spiro atoms. The summed E-state index contributed by atoms with van der Waals surface area (Å²) in [4.78, 5) is 5.31. The third-order valence-electron chi connectivity index (χ3n) is 15.8. The van der Waals surface area contributed by atoms with Gasteiger partial charge in [-0.15, -0.1) is 0 Å². The van der Waals surface area contributed by atoms with Crippen molar-refractivity contribution in [1.29, 1.82) is 0 Å². The second-order valence-corrected chi connectivity index (χ2v) is 26.5. The van der Waals surface area contributed by atoms with Crippen LogP contribution >= 0.6 is 11.5 Å². The molecule has 4 aromatic carbocycles. The lowest BCUT2D eigenvalue weighted by molar-refractivity contribution is -0.00514. The summed E-state index contributed by atoms with van der Waals surface area (Å²) in [6, 6.07) is 27.7. The van der Waals surface area contributed by atoms with Crippen LogP contribution in [0.4, 0.5) is 33.4 Å². The van der Waals surface area contributed by atoms with Gasteiger partial charge >= 0.3 is 0 Å². The van der Waals surface area contributed by atoms with E-state index in [1.54, 1.807) is 17.1 Å². The zero-order valence-corrected chi connectivity index (χ0v) is 41.4. The van der Waals surface area contributed by atoms with Crippen LogP contribution in [0.25, 0.3) is 0 Å². The molecule has 0 atom stereocenters. The molecular weight excluding hydrogens is 772 g/mol. The number of rotatable bonds is 3. The molecule has 4 bridgehead atoms. The Morgan fingerprint density at radius 3 is 1.40 bits per heavy atom. The third kappa shape index (κ3) is 6.82. The molecule has 3 heterocycles. The minimum Gasteiger partial charge on any atom is -0.311 e. The molecule has 0 unspecified atom stereocenters. The molecule has 2 aliphatic heterocycles. The first-order chi connectivity index (χ1) is 28.8. The molecule has 62 heavy (non-hydrogen) atoms. The summed E-state index contributed by atoms with van der Waals surface area (Å²) in [6.07, 6.45) is 8.26. The van der Waals surface area contributed by atoms with Crippen LogP contribution in [0.3, 0.4) is 0 Å². The number of hydrogen-bond donors (Lipinski definition) is 0. The Morgan fingerprint density at radius 2 is 0.952 bits per heavy atom. The van der Waals surface area contributed by atoms with Crippen LogP contribution in [0.15, 0.2) is 66.7 Å². The van der Waals surface area contributed by atoms with E-state index in [0.29, 0.717) is 0 Å². The molecule has 4 nitrogen and oxygen atoms in total. The molecular formula is C56H71BN4S. The van der Waals surface area contributed by atoms with Crippen molar-refractivity contribution in [3.63, 3.8) is 0 Å². The van der Waals surface area contributed by atoms with Crippen molar-refractivity contribution in [2.75, 3.05) is 9.80 Å². The van der Waals surface area contributed by atoms with Gasteiger partial charge in [-0.2, -0.15) is 5.10 Å². The molecule has 4 fully saturated rings. The minimum atomic E-state index is -0.0373. The first-order valence-corrected chi connectivity index (χ1v) is 24.6. The molecule has 0 amide bonds. The maximum Gasteiger partial charge on any atom is 0.279 e. The number of anilines is 6. The van der Waals surface area contributed by atoms with Gasteiger partial charge in [0.25, 0.3) is 6.71 Å². The van der Waals surface area contributed by atoms with Crippen molar-refractivity contribution in [3.8, 4) is 0 Å². The first-order valence-electron chi connectivity index (χ1n) is 23.9. The third-order valence-corrected chi connectivity index (χ3v) is 16.5. The molecule has 4 saturated carbocycles. The van der Waals surface area contributed by atoms with Gasteiger partial charge in [0.15, 0.2) is 0 Å². The fraction of sp³-hybridized carbons (Fsp3) is 0.536. The number of hydrogen-bond acceptors (Lipinski definition) is 5. The standard InChI is InChI=1S/C56H71BN4S/c1-51(2,3)36-16-17-45-44(27-36)57-48-46(60(45)42-23-37(52(4,5)6)21-38(24-42)53(7,8)9)28-41(56-30-33-18-34(31-56)20-35(19-33)32-56)29-47(48)61(50-49(57)58-59-62-50)43-25-39(54(10,11)12)22-40(26-43)55(13,14)15/h16-17,21-29,33-35H,18-20,30-32H2,1-15H3. The number of nitrogens with zero attached hydrogens (tertiary/aromatic N) is 4. The van der Waals surface area contributed by atoms with Crippen molar-refractivity contribution >= 4 is 68.2 Å². The molecule has 6 aliphatic rings. The summed E-state index contributed by atoms with van der Waals surface area (Å²) < 4.78 is 4.87. The van der Waals surface area contributed by atoms with Crippen molar-refractivity contribution in [1.82, 2.24) is 9.59 Å². The molecule has 0 N–H and O–H groups in total. The summed E-state index contributed by atoms with van der Waals surface area (Å²) in [6.45, 7) is 35.4. The Hall–Kier alpha value is -3.90. The van der Waals surface area contributed by atoms with E-state index >= 15 is 0 Å². The quantitative estimate of drug-likeness (QED) is 0.166. The summed E-state index contributed by atoms with van der Waals surface area (Å²) in [5.41, 5.74) is 18.7. The lowest BCUT2D eigenvalue weighted by Crippen LogP contribution is -2.62. The predicted octanol–water partition coefficient (Wildman–Crippen LogP) is 13.6. The van der Waals surface area contributed by atoms with Gasteiger partial charge in [-0.1, -0.05) is 133 Å². The van der Waals surface area contributed by atoms with Crippen LogP contribution in [0.2, 0.25) is 0 Å². The summed E-state index contributed by atoms with van der Waals surface area (Å²) in [5.74, 6) is 2.54. The molecule has 324 valence electrons. The fourth-order valence-electron chi connectivity index (χ4n) is 12.5. The van der Waals surface area contributed by atoms with Crippen molar-refractivity contribution in [3.05, 3.63) is 100 Å². The van der Waals surface area contributed by atoms with Crippen LogP contribution in [-0.2, 0) is 32.5 Å². The summed E-state index contributed by atoms with van der Waals surface area (Å²) in [5, 5.41) is 6.33. The average molecular weight is 843 g/mol. The Labute approximate surface area is 378 Å². The highest BCUT2D eigenvalue weighted by atomic mass is 32.1. The zero-order chi connectivity index (χ0) is 44.3. The lowest BCUT2D eigenvalue weighted by atomic mass is 9.35. The highest BCUT2D eigenvalue weighted by molar-refractivity contribution is 7.14. The molecule has 1 aromatic heterocycles. The van der Waals surface area contributed by atoms with Crippen molar-refractivity contribution < 1.29 is 0 Å². The molecule has 11 rings (SSSR count). The fourth-order valence-corrected chi connectivity index (χ4v) is 13.2. The SMILES string of the molecule is CC(C)(C)c1cc(N2c3ccc(C(C)(C)C)cc3B3c4nnsc4N(c4cc(C(C)(C)C)cc(C(C)(C)C)c4)c4cc(C56CC7CC(CC(C7)C5)C6)cc2c43)cc(C(C)(C)C)c1. The predicted molar refractivity (Wildman–Crippen MR) is 267 cm³/mol. The molecule has 0 saturated heterocycles. The van der Waals surface area contributed by atoms with E-state index in [1.807, 2.05) is 0 Å². The van der Waals surface area contributed by atoms with Crippen LogP contribution < -0.4 is 26.3 Å². The Morgan fingerprint density at radius 1 is 0.516 bits per heavy atom. The van der Waals surface area contributed by atoms with E-state index in [-0.39, 0.29) is 39.2 Å². The van der Waals surface area contributed by atoms with Crippen molar-refractivity contribution in [2.45, 2.75) is 175 Å². The normalized spacial score (nSPS) is 23.1. The topological polar surface area (TPSA) is 32.3 Å². The largest absolute Gasteiger partial charge is 0.311 e. The maximum atomic E-state index is 5.17. The zero-order valence-electron chi connectivity index (χ0n) is 40.6. The summed E-state index contributed by atoms with van der Waals surface area (Å²) >= 11 is 1.58. The van der Waals surface area contributed by atoms with E-state index in [1.165, 1.54) is 106 Å². The van der Waals surface area contributed by atoms with E-state index in [9.17, 15) is 0 Å². The van der Waals surface area contributed by atoms with Crippen LogP contribution in [0.5, 0.6) is 0 Å². The van der Waals surface area contributed by atoms with E-state index in [0.717, 1.165) is 28.3 Å². The Balaban J connectivity index is 1.33. The van der Waals surface area contributed by atoms with E-state index in [4.69, 9.17) is 9.59 Å². The van der Waals surface area contributed by atoms with Gasteiger partial charge in [-0.05, 0) is 176 Å². The number of fused-ring (bicyclic) bond motifs is 4. The van der Waals surface area contributed by atoms with Gasteiger partial charge in [0.1, 0.15) is 5.00 Å². The molecule has 4 aliphatic carbocycles. The smallest absolute Gasteiger partial charge is 0.279 e. The second kappa shape index (κ2) is 13.6. The van der Waals surface area contributed by atoms with Gasteiger partial charge in [0.05, 0.1) is 5.59 Å². The Kier molecular flexibility index (Phi) is 9.21. The van der Waals surface area contributed by atoms with E-state index < -0.39 is 0 Å². The average Bonchev–Trinajstić information content (AvgIpc) is 3.64. The number of benzene rings is 4. The summed E-state index contributed by atoms with van der Waals surface area (Å²) in [7, 11) is 0. The Bertz CT molecular complexity index is 2510. The lowest BCUT2D eigenvalue weighted by Gasteiger charge is -2.57. The molecule has 5 aromatic rings. The van der Waals surface area contributed by atoms with Crippen LogP contribution in [-0.4, -0.2) is 16.3 Å². The highest BCUT2D eigenvalue weighted by Crippen LogP contribution is 2.62. The van der Waals surface area contributed by atoms with Gasteiger partial charge < -0.3 is 9.80 Å². The van der Waals surface area contributed by atoms with Gasteiger partial charge in [-0.25, -0.2) is 0 Å². The van der Waals surface area contributed by atoms with E-state index in [2.05, 4.69) is 180 Å². The minimum absolute atomic E-state index is 0.0164. The van der Waals surface area contributed by atoms with Gasteiger partial charge in [0, 0.05) is 40.0 Å². The number of aromatic nitrogens is 2. The van der Waals surface area contributed by atoms with Crippen LogP contribution in [0.1, 0.15) is 176 Å². The van der Waals surface area contributed by atoms with Crippen LogP contribution in [0, 0.1) is 17.8 Å². The molecule has 6 heteroatoms. The van der Waals surface area contributed by atoms with Crippen molar-refractivity contribution in [2.24, 2.45) is 17.8 Å². The van der Waals surface area contributed by atoms with Gasteiger partial charge in [0.2, 0.25) is 0 Å². The van der Waals surface area contributed by atoms with Gasteiger partial charge in [-0.3, -0.25) is 0 Å². The highest BCUT2D eigenvalue weighted by Gasteiger charge is 2.54. The maximum absolute atomic E-state index is 5.17. The second-order valence-electron chi connectivity index (χ2n) is 25.8. The monoisotopic (exact) mass is 843 g/mol. The first kappa shape index (κ1) is 42.1.